The lowest BCUT2D eigenvalue weighted by Crippen LogP contribution is -2.49. The van der Waals surface area contributed by atoms with E-state index in [1.165, 1.54) is 11.5 Å². The van der Waals surface area contributed by atoms with Crippen molar-refractivity contribution in [3.05, 3.63) is 65.2 Å². The highest BCUT2D eigenvalue weighted by atomic mass is 16.5. The molecule has 0 radical (unpaired) electrons. The third-order valence-electron chi connectivity index (χ3n) is 6.30. The Morgan fingerprint density at radius 1 is 1.00 bits per heavy atom. The average molecular weight is 602 g/mol. The van der Waals surface area contributed by atoms with Crippen molar-refractivity contribution < 1.29 is 44.1 Å². The van der Waals surface area contributed by atoms with Crippen LogP contribution in [0.1, 0.15) is 80.8 Å². The zero-order chi connectivity index (χ0) is 32.2. The molecule has 43 heavy (non-hydrogen) atoms. The number of ether oxygens (including phenoxy) is 1. The number of aliphatic carboxylic acids is 1. The number of amides is 3. The second kappa shape index (κ2) is 20.4. The summed E-state index contributed by atoms with van der Waals surface area (Å²) >= 11 is 0. The van der Waals surface area contributed by atoms with Gasteiger partial charge in [0, 0.05) is 25.1 Å². The fraction of sp³-hybridized carbons (Fsp3) is 0.452. The Bertz CT molecular complexity index is 1170. The van der Waals surface area contributed by atoms with E-state index in [-0.39, 0.29) is 37.5 Å². The first kappa shape index (κ1) is 36.6. The van der Waals surface area contributed by atoms with E-state index in [0.29, 0.717) is 30.2 Å². The Labute approximate surface area is 252 Å². The molecule has 0 aliphatic rings. The maximum atomic E-state index is 13.4. The van der Waals surface area contributed by atoms with Crippen LogP contribution in [0.2, 0.25) is 0 Å². The maximum Gasteiger partial charge on any atom is 0.336 e. The lowest BCUT2D eigenvalue weighted by Gasteiger charge is -2.28. The average Bonchev–Trinajstić information content (AvgIpc) is 2.98. The number of hydroxylamine groups is 1. The minimum absolute atomic E-state index is 0.0941. The molecule has 0 bridgehead atoms. The molecule has 5 N–H and O–H groups in total. The summed E-state index contributed by atoms with van der Waals surface area (Å²) in [6.45, 7) is 6.83. The zero-order valence-electron chi connectivity index (χ0n) is 25.0. The molecule has 12 nitrogen and oxygen atoms in total. The topological polar surface area (TPSA) is 183 Å². The minimum Gasteiger partial charge on any atom is -0.489 e. The second-order valence-corrected chi connectivity index (χ2v) is 10.3. The molecule has 0 saturated carbocycles. The molecule has 1 atom stereocenters. The van der Waals surface area contributed by atoms with Crippen molar-refractivity contribution in [1.29, 1.82) is 0 Å². The minimum atomic E-state index is -1.16. The highest BCUT2D eigenvalue weighted by Gasteiger charge is 2.28. The number of carbonyl (C=O) groups excluding carboxylic acids is 3. The van der Waals surface area contributed by atoms with Gasteiger partial charge in [0.1, 0.15) is 18.4 Å². The quantitative estimate of drug-likeness (QED) is 0.0730. The molecule has 12 heteroatoms. The molecule has 3 amide bonds. The van der Waals surface area contributed by atoms with Crippen LogP contribution in [0.25, 0.3) is 0 Å². The lowest BCUT2D eigenvalue weighted by molar-refractivity contribution is -0.144. The van der Waals surface area contributed by atoms with Gasteiger partial charge in [-0.1, -0.05) is 63.9 Å². The number of benzene rings is 2. The second-order valence-electron chi connectivity index (χ2n) is 10.3. The highest BCUT2D eigenvalue weighted by Crippen LogP contribution is 2.18. The summed E-state index contributed by atoms with van der Waals surface area (Å²) in [5.74, 6) is -2.07. The Morgan fingerprint density at radius 2 is 1.65 bits per heavy atom. The van der Waals surface area contributed by atoms with Gasteiger partial charge < -0.3 is 25.2 Å². The molecule has 0 saturated heterocycles. The number of hydrogen-bond acceptors (Lipinski definition) is 7. The number of nitrogens with one attached hydrogen (secondary N) is 2. The van der Waals surface area contributed by atoms with Crippen molar-refractivity contribution in [3.63, 3.8) is 0 Å². The zero-order valence-corrected chi connectivity index (χ0v) is 25.0. The summed E-state index contributed by atoms with van der Waals surface area (Å²) in [5, 5.41) is 28.6. The summed E-state index contributed by atoms with van der Waals surface area (Å²) in [4.78, 5) is 59.2. The number of nitrogens with zero attached hydrogens (tertiary/aromatic N) is 1. The summed E-state index contributed by atoms with van der Waals surface area (Å²) in [6.07, 6.45) is 3.21. The van der Waals surface area contributed by atoms with Crippen molar-refractivity contribution in [2.75, 3.05) is 6.54 Å². The van der Waals surface area contributed by atoms with Crippen LogP contribution < -0.4 is 15.5 Å². The lowest BCUT2D eigenvalue weighted by atomic mass is 10.1. The first-order valence-electron chi connectivity index (χ1n) is 14.2. The van der Waals surface area contributed by atoms with Crippen LogP contribution in [-0.4, -0.2) is 63.1 Å². The number of hydrogen-bond donors (Lipinski definition) is 5. The highest BCUT2D eigenvalue weighted by molar-refractivity contribution is 5.91. The van der Waals surface area contributed by atoms with Gasteiger partial charge in [-0.2, -0.15) is 0 Å². The molecule has 236 valence electrons. The van der Waals surface area contributed by atoms with Crippen molar-refractivity contribution in [1.82, 2.24) is 15.7 Å². The van der Waals surface area contributed by atoms with Gasteiger partial charge in [-0.15, -0.1) is 0 Å². The van der Waals surface area contributed by atoms with Gasteiger partial charge in [-0.05, 0) is 42.5 Å². The van der Waals surface area contributed by atoms with Gasteiger partial charge in [0.2, 0.25) is 18.2 Å². The van der Waals surface area contributed by atoms with E-state index in [9.17, 15) is 29.4 Å². The van der Waals surface area contributed by atoms with Crippen molar-refractivity contribution in [2.45, 2.75) is 78.5 Å². The molecule has 2 aromatic rings. The van der Waals surface area contributed by atoms with Crippen LogP contribution in [0.4, 0.5) is 0 Å². The van der Waals surface area contributed by atoms with E-state index in [4.69, 9.17) is 14.7 Å². The summed E-state index contributed by atoms with van der Waals surface area (Å²) in [7, 11) is 0. The normalized spacial score (nSPS) is 11.0. The van der Waals surface area contributed by atoms with Gasteiger partial charge in [-0.3, -0.25) is 24.4 Å². The van der Waals surface area contributed by atoms with Crippen LogP contribution >= 0.6 is 0 Å². The summed E-state index contributed by atoms with van der Waals surface area (Å²) in [6, 6.07) is 12.6. The monoisotopic (exact) mass is 601 g/mol. The van der Waals surface area contributed by atoms with E-state index < -0.39 is 30.3 Å². The molecule has 0 aliphatic carbocycles. The molecule has 0 aromatic heterocycles. The molecular formula is C31H43N3O9. The molecule has 2 aromatic carbocycles. The molecule has 0 heterocycles. The Balaban J connectivity index is 0.00000217. The molecule has 0 spiro atoms. The molecule has 0 aliphatic heterocycles. The first-order chi connectivity index (χ1) is 20.5. The summed E-state index contributed by atoms with van der Waals surface area (Å²) < 4.78 is 5.78. The van der Waals surface area contributed by atoms with E-state index in [1.54, 1.807) is 35.2 Å². The molecule has 0 fully saturated rings. The largest absolute Gasteiger partial charge is 0.489 e. The van der Waals surface area contributed by atoms with E-state index in [2.05, 4.69) is 12.2 Å². The molecular weight excluding hydrogens is 558 g/mol. The van der Waals surface area contributed by atoms with Gasteiger partial charge in [0.15, 0.2) is 0 Å². The van der Waals surface area contributed by atoms with E-state index >= 15 is 0 Å². The number of aromatic carboxylic acids is 1. The third kappa shape index (κ3) is 14.8. The number of carbonyl (C=O) groups is 5. The van der Waals surface area contributed by atoms with Crippen LogP contribution in [-0.2, 0) is 32.3 Å². The smallest absolute Gasteiger partial charge is 0.336 e. The van der Waals surface area contributed by atoms with E-state index in [1.807, 2.05) is 26.0 Å². The van der Waals surface area contributed by atoms with Crippen LogP contribution in [0.3, 0.4) is 0 Å². The van der Waals surface area contributed by atoms with Gasteiger partial charge >= 0.3 is 11.9 Å². The first-order valence-corrected chi connectivity index (χ1v) is 14.2. The van der Waals surface area contributed by atoms with Gasteiger partial charge in [-0.25, -0.2) is 10.3 Å². The number of carboxylic acids is 2. The standard InChI is InChI=1S/C30H40N2O7.CH3NO2/c1-4-5-8-17-32(29(36)26(18-28(34)35)31-27(33)16-11-21(2)3)19-22-12-14-24(15-13-22)39-20-23-9-6-7-10-25(23)30(37)38;3-1-2-4/h6-7,9-10,12-15,21,26H,4-5,8,11,16-20H2,1-3H3,(H,31,33)(H,34,35)(H,37,38);1,4H,(H,2,3). The van der Waals surface area contributed by atoms with Crippen LogP contribution in [0.15, 0.2) is 48.5 Å². The van der Waals surface area contributed by atoms with Gasteiger partial charge in [0.25, 0.3) is 0 Å². The number of carboxylic acid groups (broad SMARTS) is 2. The third-order valence-corrected chi connectivity index (χ3v) is 6.30. The molecule has 2 rings (SSSR count). The van der Waals surface area contributed by atoms with Crippen molar-refractivity contribution in [2.24, 2.45) is 5.92 Å². The Kier molecular flexibility index (Phi) is 17.4. The number of rotatable bonds is 18. The SMILES string of the molecule is CCCCCN(Cc1ccc(OCc2ccccc2C(=O)O)cc1)C(=O)C(CC(=O)O)NC(=O)CCC(C)C.O=CNO. The number of unbranched alkanes of at least 4 members (excludes halogenated alkanes) is 2. The summed E-state index contributed by atoms with van der Waals surface area (Å²) in [5.41, 5.74) is 2.81. The van der Waals surface area contributed by atoms with Crippen molar-refractivity contribution >= 4 is 30.2 Å². The maximum absolute atomic E-state index is 13.4. The molecule has 1 unspecified atom stereocenters. The predicted octanol–water partition coefficient (Wildman–Crippen LogP) is 4.00. The van der Waals surface area contributed by atoms with Crippen molar-refractivity contribution in [3.8, 4) is 5.75 Å². The van der Waals surface area contributed by atoms with Crippen LogP contribution in [0.5, 0.6) is 5.75 Å². The Morgan fingerprint density at radius 3 is 2.21 bits per heavy atom. The fourth-order valence-electron chi connectivity index (χ4n) is 4.03. The predicted molar refractivity (Wildman–Crippen MR) is 158 cm³/mol. The van der Waals surface area contributed by atoms with E-state index in [0.717, 1.165) is 24.8 Å². The Hall–Kier alpha value is -4.45. The van der Waals surface area contributed by atoms with Crippen LogP contribution in [0, 0.1) is 5.92 Å². The fourth-order valence-corrected chi connectivity index (χ4v) is 4.03. The van der Waals surface area contributed by atoms with Gasteiger partial charge in [0.05, 0.1) is 12.0 Å².